The molecule has 0 spiro atoms. The lowest BCUT2D eigenvalue weighted by atomic mass is 10.2. The zero-order valence-electron chi connectivity index (χ0n) is 12.6. The molecule has 0 fully saturated rings. The molecule has 0 aliphatic carbocycles. The van der Waals surface area contributed by atoms with Crippen LogP contribution in [0.2, 0.25) is 0 Å². The number of pyridine rings is 1. The number of halogens is 4. The van der Waals surface area contributed by atoms with E-state index in [9.17, 15) is 21.6 Å². The monoisotopic (exact) mass is 434 g/mol. The number of nitrogens with zero attached hydrogens (tertiary/aromatic N) is 4. The van der Waals surface area contributed by atoms with Gasteiger partial charge in [0.2, 0.25) is 0 Å². The van der Waals surface area contributed by atoms with Crippen LogP contribution in [0.3, 0.4) is 0 Å². The fourth-order valence-electron chi connectivity index (χ4n) is 2.17. The average molecular weight is 435 g/mol. The van der Waals surface area contributed by atoms with Crippen LogP contribution in [0.25, 0.3) is 17.0 Å². The predicted octanol–water partition coefficient (Wildman–Crippen LogP) is 3.37. The summed E-state index contributed by atoms with van der Waals surface area (Å²) < 4.78 is 65.4. The van der Waals surface area contributed by atoms with Gasteiger partial charge in [0.05, 0.1) is 16.2 Å². The number of imidazole rings is 1. The summed E-state index contributed by atoms with van der Waals surface area (Å²) in [5.74, 6) is -0.358. The second-order valence-electron chi connectivity index (χ2n) is 5.08. The third-order valence-corrected chi connectivity index (χ3v) is 5.63. The Morgan fingerprint density at radius 3 is 2.60 bits per heavy atom. The highest BCUT2D eigenvalue weighted by molar-refractivity contribution is 9.10. The van der Waals surface area contributed by atoms with Crippen molar-refractivity contribution < 1.29 is 21.6 Å². The van der Waals surface area contributed by atoms with Gasteiger partial charge in [0.15, 0.2) is 9.84 Å². The molecule has 0 saturated carbocycles. The van der Waals surface area contributed by atoms with E-state index in [2.05, 4.69) is 30.9 Å². The van der Waals surface area contributed by atoms with Crippen molar-refractivity contribution in [2.75, 3.05) is 5.75 Å². The highest BCUT2D eigenvalue weighted by Crippen LogP contribution is 2.34. The van der Waals surface area contributed by atoms with Gasteiger partial charge in [0.25, 0.3) is 0 Å². The highest BCUT2D eigenvalue weighted by atomic mass is 79.9. The highest BCUT2D eigenvalue weighted by Gasteiger charge is 2.34. The van der Waals surface area contributed by atoms with Crippen LogP contribution in [-0.4, -0.2) is 33.5 Å². The summed E-state index contributed by atoms with van der Waals surface area (Å²) in [6, 6.07) is 2.18. The van der Waals surface area contributed by atoms with E-state index in [-0.39, 0.29) is 17.1 Å². The zero-order valence-corrected chi connectivity index (χ0v) is 15.0. The molecule has 0 atom stereocenters. The van der Waals surface area contributed by atoms with Crippen LogP contribution in [-0.2, 0) is 16.0 Å². The molecular weight excluding hydrogens is 425 g/mol. The maximum atomic E-state index is 12.9. The van der Waals surface area contributed by atoms with E-state index in [0.29, 0.717) is 22.5 Å². The minimum Gasteiger partial charge on any atom is -0.290 e. The zero-order chi connectivity index (χ0) is 18.4. The second kappa shape index (κ2) is 6.06. The van der Waals surface area contributed by atoms with Gasteiger partial charge in [0.1, 0.15) is 28.0 Å². The summed E-state index contributed by atoms with van der Waals surface area (Å²) in [5.41, 5.74) is -0.676. The van der Waals surface area contributed by atoms with Crippen molar-refractivity contribution >= 4 is 31.4 Å². The summed E-state index contributed by atoms with van der Waals surface area (Å²) in [7, 11) is -3.94. The van der Waals surface area contributed by atoms with Gasteiger partial charge in [-0.1, -0.05) is 6.92 Å². The molecule has 132 valence electrons. The Balaban J connectivity index is 2.26. The summed E-state index contributed by atoms with van der Waals surface area (Å²) in [5, 5.41) is 0. The first-order chi connectivity index (χ1) is 11.6. The van der Waals surface area contributed by atoms with E-state index in [0.717, 1.165) is 0 Å². The molecule has 0 bridgehead atoms. The maximum Gasteiger partial charge on any atom is 0.417 e. The molecule has 11 heteroatoms. The first kappa shape index (κ1) is 17.8. The van der Waals surface area contributed by atoms with Crippen LogP contribution in [0.1, 0.15) is 12.5 Å². The van der Waals surface area contributed by atoms with Crippen molar-refractivity contribution in [2.45, 2.75) is 18.0 Å². The molecule has 0 radical (unpaired) electrons. The molecule has 0 saturated heterocycles. The fraction of sp³-hybridized carbons (Fsp3) is 0.214. The number of rotatable bonds is 3. The topological polar surface area (TPSA) is 77.2 Å². The lowest BCUT2D eigenvalue weighted by Crippen LogP contribution is -2.12. The molecule has 0 aliphatic heterocycles. The Morgan fingerprint density at radius 1 is 1.24 bits per heavy atom. The summed E-state index contributed by atoms with van der Waals surface area (Å²) in [4.78, 5) is 11.5. The number of aromatic nitrogens is 4. The van der Waals surface area contributed by atoms with Gasteiger partial charge in [0, 0.05) is 18.5 Å². The number of sulfone groups is 1. The minimum absolute atomic E-state index is 0.130. The van der Waals surface area contributed by atoms with E-state index >= 15 is 0 Å². The molecular formula is C14H10BrF3N4O2S. The number of fused-ring (bicyclic) bond motifs is 1. The van der Waals surface area contributed by atoms with Gasteiger partial charge < -0.3 is 0 Å². The normalized spacial score (nSPS) is 12.7. The SMILES string of the molecule is CCS(=O)(=O)c1cc(C(F)(F)F)cnc1-c1cn2cnc(Br)cc2n1. The third kappa shape index (κ3) is 3.38. The Hall–Kier alpha value is -2.01. The summed E-state index contributed by atoms with van der Waals surface area (Å²) in [6.07, 6.45) is -1.20. The maximum absolute atomic E-state index is 12.9. The van der Waals surface area contributed by atoms with Gasteiger partial charge in [-0.05, 0) is 22.0 Å². The molecule has 3 heterocycles. The van der Waals surface area contributed by atoms with Crippen LogP contribution in [0.4, 0.5) is 13.2 Å². The van der Waals surface area contributed by atoms with E-state index in [4.69, 9.17) is 0 Å². The largest absolute Gasteiger partial charge is 0.417 e. The Labute approximate surface area is 148 Å². The van der Waals surface area contributed by atoms with E-state index < -0.39 is 26.5 Å². The van der Waals surface area contributed by atoms with Crippen LogP contribution in [0.5, 0.6) is 0 Å². The average Bonchev–Trinajstić information content (AvgIpc) is 2.96. The van der Waals surface area contributed by atoms with Gasteiger partial charge in [-0.2, -0.15) is 13.2 Å². The molecule has 0 unspecified atom stereocenters. The van der Waals surface area contributed by atoms with E-state index in [1.54, 1.807) is 6.07 Å². The van der Waals surface area contributed by atoms with Crippen LogP contribution in [0, 0.1) is 0 Å². The Bertz CT molecular complexity index is 1060. The number of alkyl halides is 3. The molecule has 0 N–H and O–H groups in total. The molecule has 0 amide bonds. The summed E-state index contributed by atoms with van der Waals surface area (Å²) in [6.45, 7) is 1.35. The molecule has 6 nitrogen and oxygen atoms in total. The van der Waals surface area contributed by atoms with Crippen molar-refractivity contribution in [3.8, 4) is 11.4 Å². The van der Waals surface area contributed by atoms with Gasteiger partial charge in [-0.15, -0.1) is 0 Å². The van der Waals surface area contributed by atoms with Crippen molar-refractivity contribution in [2.24, 2.45) is 0 Å². The second-order valence-corrected chi connectivity index (χ2v) is 8.13. The van der Waals surface area contributed by atoms with Crippen LogP contribution >= 0.6 is 15.9 Å². The Kier molecular flexibility index (Phi) is 4.31. The minimum atomic E-state index is -4.70. The molecule has 0 aliphatic rings. The fourth-order valence-corrected chi connectivity index (χ4v) is 3.53. The lowest BCUT2D eigenvalue weighted by Gasteiger charge is -2.11. The van der Waals surface area contributed by atoms with Crippen molar-refractivity contribution in [3.05, 3.63) is 41.0 Å². The first-order valence-electron chi connectivity index (χ1n) is 6.92. The van der Waals surface area contributed by atoms with Crippen molar-refractivity contribution in [1.82, 2.24) is 19.4 Å². The standard InChI is InChI=1S/C14H10BrF3N4O2S/c1-2-25(23,24)10-3-8(14(16,17)18)5-19-13(10)9-6-22-7-20-11(15)4-12(22)21-9/h3-7H,2H2,1H3. The van der Waals surface area contributed by atoms with Crippen LogP contribution in [0.15, 0.2) is 40.4 Å². The van der Waals surface area contributed by atoms with Crippen molar-refractivity contribution in [1.29, 1.82) is 0 Å². The Morgan fingerprint density at radius 2 is 1.96 bits per heavy atom. The molecule has 0 aromatic carbocycles. The quantitative estimate of drug-likeness (QED) is 0.590. The van der Waals surface area contributed by atoms with Gasteiger partial charge >= 0.3 is 6.18 Å². The molecule has 3 aromatic heterocycles. The third-order valence-electron chi connectivity index (χ3n) is 3.45. The van der Waals surface area contributed by atoms with Crippen LogP contribution < -0.4 is 0 Å². The first-order valence-corrected chi connectivity index (χ1v) is 9.37. The smallest absolute Gasteiger partial charge is 0.290 e. The van der Waals surface area contributed by atoms with E-state index in [1.807, 2.05) is 0 Å². The molecule has 3 rings (SSSR count). The molecule has 3 aromatic rings. The van der Waals surface area contributed by atoms with Gasteiger partial charge in [-0.3, -0.25) is 9.38 Å². The van der Waals surface area contributed by atoms with E-state index in [1.165, 1.54) is 23.8 Å². The molecule has 25 heavy (non-hydrogen) atoms. The predicted molar refractivity (Wildman–Crippen MR) is 86.6 cm³/mol. The lowest BCUT2D eigenvalue weighted by molar-refractivity contribution is -0.138. The number of hydrogen-bond donors (Lipinski definition) is 0. The number of hydrogen-bond acceptors (Lipinski definition) is 5. The van der Waals surface area contributed by atoms with Gasteiger partial charge in [-0.25, -0.2) is 18.4 Å². The summed E-state index contributed by atoms with van der Waals surface area (Å²) >= 11 is 3.19. The van der Waals surface area contributed by atoms with Crippen molar-refractivity contribution in [3.63, 3.8) is 0 Å².